The van der Waals surface area contributed by atoms with E-state index in [1.807, 2.05) is 16.8 Å². The molecule has 92 valence electrons. The maximum Gasteiger partial charge on any atom is 0.203 e. The van der Waals surface area contributed by atoms with Gasteiger partial charge < -0.3 is 10.4 Å². The Morgan fingerprint density at radius 2 is 2.44 bits per heavy atom. The average molecular weight is 261 g/mol. The van der Waals surface area contributed by atoms with Crippen LogP contribution < -0.4 is 5.32 Å². The van der Waals surface area contributed by atoms with Crippen molar-refractivity contribution in [2.45, 2.75) is 6.10 Å². The number of aliphatic hydroxyl groups excluding tert-OH is 1. The summed E-state index contributed by atoms with van der Waals surface area (Å²) in [6.07, 6.45) is 4.49. The highest BCUT2D eigenvalue weighted by Gasteiger charge is 2.10. The van der Waals surface area contributed by atoms with Crippen LogP contribution in [0.5, 0.6) is 0 Å². The Bertz CT molecular complexity index is 636. The Morgan fingerprint density at radius 1 is 1.50 bits per heavy atom. The van der Waals surface area contributed by atoms with Gasteiger partial charge in [-0.1, -0.05) is 0 Å². The van der Waals surface area contributed by atoms with E-state index in [1.165, 1.54) is 0 Å². The summed E-state index contributed by atoms with van der Waals surface area (Å²) in [6.45, 7) is 0.385. The molecule has 0 aliphatic carbocycles. The van der Waals surface area contributed by atoms with Gasteiger partial charge >= 0.3 is 0 Å². The Hall–Kier alpha value is -1.99. The molecule has 18 heavy (non-hydrogen) atoms. The summed E-state index contributed by atoms with van der Waals surface area (Å²) in [7, 11) is 0. The third kappa shape index (κ3) is 2.05. The van der Waals surface area contributed by atoms with Crippen LogP contribution in [0.3, 0.4) is 0 Å². The van der Waals surface area contributed by atoms with E-state index in [1.54, 1.807) is 34.5 Å². The molecule has 3 aromatic heterocycles. The molecule has 0 aliphatic rings. The van der Waals surface area contributed by atoms with Crippen LogP contribution in [0.25, 0.3) is 5.65 Å². The minimum atomic E-state index is -0.554. The van der Waals surface area contributed by atoms with E-state index in [-0.39, 0.29) is 0 Å². The van der Waals surface area contributed by atoms with E-state index in [0.29, 0.717) is 18.0 Å². The second kappa shape index (κ2) is 4.71. The zero-order chi connectivity index (χ0) is 12.4. The number of anilines is 1. The zero-order valence-corrected chi connectivity index (χ0v) is 10.2. The number of rotatable bonds is 4. The molecule has 0 aliphatic heterocycles. The lowest BCUT2D eigenvalue weighted by Gasteiger charge is -2.11. The molecule has 0 amide bonds. The molecule has 0 saturated heterocycles. The van der Waals surface area contributed by atoms with E-state index in [4.69, 9.17) is 0 Å². The number of nitrogens with zero attached hydrogens (tertiary/aromatic N) is 4. The molecule has 3 aromatic rings. The molecule has 0 saturated carbocycles. The molecule has 1 unspecified atom stereocenters. The first-order valence-electron chi connectivity index (χ1n) is 5.43. The second-order valence-electron chi connectivity index (χ2n) is 3.79. The highest BCUT2D eigenvalue weighted by Crippen LogP contribution is 2.17. The molecule has 3 heterocycles. The summed E-state index contributed by atoms with van der Waals surface area (Å²) >= 11 is 1.56. The standard InChI is InChI=1S/C11H11N5OS/c17-9(8-1-4-18-6-8)5-13-10-11-15-14-7-16(11)3-2-12-10/h1-4,6-7,9,17H,5H2,(H,12,13). The Labute approximate surface area is 107 Å². The topological polar surface area (TPSA) is 75.3 Å². The van der Waals surface area contributed by atoms with Crippen molar-refractivity contribution in [3.63, 3.8) is 0 Å². The highest BCUT2D eigenvalue weighted by atomic mass is 32.1. The summed E-state index contributed by atoms with van der Waals surface area (Å²) in [5.41, 5.74) is 1.55. The lowest BCUT2D eigenvalue weighted by atomic mass is 10.2. The Balaban J connectivity index is 1.75. The predicted molar refractivity (Wildman–Crippen MR) is 68.6 cm³/mol. The lowest BCUT2D eigenvalue weighted by Crippen LogP contribution is -2.13. The third-order valence-corrected chi connectivity index (χ3v) is 3.31. The summed E-state index contributed by atoms with van der Waals surface area (Å²) in [5.74, 6) is 0.615. The fourth-order valence-electron chi connectivity index (χ4n) is 1.66. The van der Waals surface area contributed by atoms with Gasteiger partial charge in [0.15, 0.2) is 5.82 Å². The van der Waals surface area contributed by atoms with Gasteiger partial charge in [0.25, 0.3) is 0 Å². The lowest BCUT2D eigenvalue weighted by molar-refractivity contribution is 0.192. The van der Waals surface area contributed by atoms with E-state index < -0.39 is 6.10 Å². The van der Waals surface area contributed by atoms with Gasteiger partial charge in [0, 0.05) is 18.9 Å². The molecule has 6 nitrogen and oxygen atoms in total. The number of thiophene rings is 1. The van der Waals surface area contributed by atoms with Gasteiger partial charge in [-0.05, 0) is 22.4 Å². The Kier molecular flexibility index (Phi) is 2.91. The number of hydrogen-bond donors (Lipinski definition) is 2. The van der Waals surface area contributed by atoms with Crippen molar-refractivity contribution < 1.29 is 5.11 Å². The van der Waals surface area contributed by atoms with E-state index in [9.17, 15) is 5.11 Å². The van der Waals surface area contributed by atoms with Crippen molar-refractivity contribution >= 4 is 22.8 Å². The second-order valence-corrected chi connectivity index (χ2v) is 4.57. The highest BCUT2D eigenvalue weighted by molar-refractivity contribution is 7.07. The van der Waals surface area contributed by atoms with Gasteiger partial charge in [0.05, 0.1) is 6.10 Å². The predicted octanol–water partition coefficient (Wildman–Crippen LogP) is 1.33. The summed E-state index contributed by atoms with van der Waals surface area (Å²) < 4.78 is 1.77. The molecule has 3 rings (SSSR count). The largest absolute Gasteiger partial charge is 0.387 e. The third-order valence-electron chi connectivity index (χ3n) is 2.61. The molecular formula is C11H11N5OS. The first-order chi connectivity index (χ1) is 8.84. The molecule has 0 radical (unpaired) electrons. The molecule has 0 fully saturated rings. The molecule has 0 bridgehead atoms. The number of hydrogen-bond acceptors (Lipinski definition) is 6. The van der Waals surface area contributed by atoms with Crippen molar-refractivity contribution in [3.05, 3.63) is 41.1 Å². The molecular weight excluding hydrogens is 250 g/mol. The Morgan fingerprint density at radius 3 is 3.28 bits per heavy atom. The van der Waals surface area contributed by atoms with Crippen LogP contribution in [-0.2, 0) is 0 Å². The van der Waals surface area contributed by atoms with Crippen LogP contribution in [0.1, 0.15) is 11.7 Å². The minimum absolute atomic E-state index is 0.385. The summed E-state index contributed by atoms with van der Waals surface area (Å²) in [6, 6.07) is 1.90. The van der Waals surface area contributed by atoms with Gasteiger partial charge in [0.2, 0.25) is 5.65 Å². The van der Waals surface area contributed by atoms with Crippen molar-refractivity contribution in [2.24, 2.45) is 0 Å². The van der Waals surface area contributed by atoms with Crippen LogP contribution in [0.2, 0.25) is 0 Å². The first-order valence-corrected chi connectivity index (χ1v) is 6.37. The average Bonchev–Trinajstić information content (AvgIpc) is 3.05. The van der Waals surface area contributed by atoms with Crippen molar-refractivity contribution in [1.82, 2.24) is 19.6 Å². The summed E-state index contributed by atoms with van der Waals surface area (Å²) in [5, 5.41) is 24.7. The minimum Gasteiger partial charge on any atom is -0.387 e. The van der Waals surface area contributed by atoms with Crippen LogP contribution >= 0.6 is 11.3 Å². The van der Waals surface area contributed by atoms with E-state index in [0.717, 1.165) is 5.56 Å². The van der Waals surface area contributed by atoms with E-state index >= 15 is 0 Å². The quantitative estimate of drug-likeness (QED) is 0.741. The fourth-order valence-corrected chi connectivity index (χ4v) is 2.37. The number of nitrogens with one attached hydrogen (secondary N) is 1. The van der Waals surface area contributed by atoms with Gasteiger partial charge in [-0.3, -0.25) is 4.40 Å². The van der Waals surface area contributed by atoms with Crippen LogP contribution in [0, 0.1) is 0 Å². The van der Waals surface area contributed by atoms with Crippen LogP contribution in [-0.4, -0.2) is 31.2 Å². The summed E-state index contributed by atoms with van der Waals surface area (Å²) in [4.78, 5) is 4.19. The SMILES string of the molecule is OC(CNc1nccn2cnnc12)c1ccsc1. The first kappa shape index (κ1) is 11.1. The molecule has 7 heteroatoms. The smallest absolute Gasteiger partial charge is 0.203 e. The molecule has 1 atom stereocenters. The fraction of sp³-hybridized carbons (Fsp3) is 0.182. The molecule has 0 spiro atoms. The van der Waals surface area contributed by atoms with Crippen molar-refractivity contribution in [3.8, 4) is 0 Å². The van der Waals surface area contributed by atoms with Crippen LogP contribution in [0.15, 0.2) is 35.5 Å². The molecule has 0 aromatic carbocycles. The molecule has 2 N–H and O–H groups in total. The normalized spacial score (nSPS) is 12.7. The number of aromatic nitrogens is 4. The van der Waals surface area contributed by atoms with Gasteiger partial charge in [0.1, 0.15) is 6.33 Å². The number of fused-ring (bicyclic) bond motifs is 1. The van der Waals surface area contributed by atoms with Crippen LogP contribution in [0.4, 0.5) is 5.82 Å². The van der Waals surface area contributed by atoms with Crippen molar-refractivity contribution in [1.29, 1.82) is 0 Å². The monoisotopic (exact) mass is 261 g/mol. The van der Waals surface area contributed by atoms with Gasteiger partial charge in [-0.2, -0.15) is 11.3 Å². The van der Waals surface area contributed by atoms with Gasteiger partial charge in [-0.25, -0.2) is 4.98 Å². The van der Waals surface area contributed by atoms with Crippen molar-refractivity contribution in [2.75, 3.05) is 11.9 Å². The zero-order valence-electron chi connectivity index (χ0n) is 9.39. The van der Waals surface area contributed by atoms with E-state index in [2.05, 4.69) is 20.5 Å². The van der Waals surface area contributed by atoms with Gasteiger partial charge in [-0.15, -0.1) is 10.2 Å². The maximum absolute atomic E-state index is 9.97. The maximum atomic E-state index is 9.97. The number of aliphatic hydroxyl groups is 1.